The molecule has 4 rings (SSSR count). The third-order valence-electron chi connectivity index (χ3n) is 6.14. The van der Waals surface area contributed by atoms with Crippen molar-refractivity contribution in [2.75, 3.05) is 0 Å². The number of nitrogens with zero attached hydrogens (tertiary/aromatic N) is 2. The Bertz CT molecular complexity index is 1010. The van der Waals surface area contributed by atoms with E-state index >= 15 is 0 Å². The summed E-state index contributed by atoms with van der Waals surface area (Å²) in [4.78, 5) is 10.3. The fourth-order valence-corrected chi connectivity index (χ4v) is 4.06. The van der Waals surface area contributed by atoms with E-state index in [0.29, 0.717) is 0 Å². The van der Waals surface area contributed by atoms with E-state index in [0.717, 1.165) is 22.6 Å². The second-order valence-electron chi connectivity index (χ2n) is 7.60. The number of rotatable bonds is 3. The van der Waals surface area contributed by atoms with Crippen LogP contribution in [0.2, 0.25) is 0 Å². The number of hydrogen-bond acceptors (Lipinski definition) is 2. The molecule has 28 heavy (non-hydrogen) atoms. The molecule has 0 bridgehead atoms. The quantitative estimate of drug-likeness (QED) is 0.526. The SMILES string of the molecule is Cc1c(C)c(C)c(C2N=C(c3ccccc3)C(c3ccccc3)=N2)c(C)c1C. The smallest absolute Gasteiger partial charge is 0.167 e. The Kier molecular flexibility index (Phi) is 4.72. The van der Waals surface area contributed by atoms with Crippen LogP contribution in [0.3, 0.4) is 0 Å². The van der Waals surface area contributed by atoms with Crippen molar-refractivity contribution in [2.24, 2.45) is 9.98 Å². The summed E-state index contributed by atoms with van der Waals surface area (Å²) < 4.78 is 0. The fraction of sp³-hybridized carbons (Fsp3) is 0.231. The van der Waals surface area contributed by atoms with Crippen molar-refractivity contribution in [1.29, 1.82) is 0 Å². The molecule has 3 aromatic rings. The van der Waals surface area contributed by atoms with Crippen LogP contribution < -0.4 is 0 Å². The molecular formula is C26H26N2. The molecule has 0 amide bonds. The monoisotopic (exact) mass is 366 g/mol. The van der Waals surface area contributed by atoms with Gasteiger partial charge in [0.2, 0.25) is 0 Å². The van der Waals surface area contributed by atoms with E-state index < -0.39 is 0 Å². The predicted molar refractivity (Wildman–Crippen MR) is 119 cm³/mol. The normalized spacial score (nSPS) is 14.2. The molecule has 0 fully saturated rings. The number of aliphatic imine (C=N–C) groups is 2. The van der Waals surface area contributed by atoms with Gasteiger partial charge in [-0.3, -0.25) is 9.98 Å². The number of benzene rings is 3. The van der Waals surface area contributed by atoms with Crippen molar-refractivity contribution in [2.45, 2.75) is 40.8 Å². The van der Waals surface area contributed by atoms with E-state index in [1.165, 1.54) is 33.4 Å². The van der Waals surface area contributed by atoms with Crippen LogP contribution in [0.25, 0.3) is 0 Å². The summed E-state index contributed by atoms with van der Waals surface area (Å²) in [6.45, 7) is 11.0. The van der Waals surface area contributed by atoms with E-state index in [4.69, 9.17) is 9.98 Å². The Morgan fingerprint density at radius 2 is 0.857 bits per heavy atom. The summed E-state index contributed by atoms with van der Waals surface area (Å²) >= 11 is 0. The van der Waals surface area contributed by atoms with Crippen LogP contribution in [0.15, 0.2) is 70.6 Å². The zero-order chi connectivity index (χ0) is 19.8. The first-order chi connectivity index (χ1) is 13.5. The molecule has 0 atom stereocenters. The minimum atomic E-state index is -0.191. The van der Waals surface area contributed by atoms with Gasteiger partial charge in [-0.25, -0.2) is 0 Å². The van der Waals surface area contributed by atoms with E-state index in [2.05, 4.69) is 83.1 Å². The zero-order valence-electron chi connectivity index (χ0n) is 17.2. The molecule has 1 heterocycles. The third kappa shape index (κ3) is 2.99. The lowest BCUT2D eigenvalue weighted by molar-refractivity contribution is 0.777. The van der Waals surface area contributed by atoms with Crippen LogP contribution in [0.1, 0.15) is 50.7 Å². The van der Waals surface area contributed by atoms with Gasteiger partial charge in [-0.05, 0) is 62.4 Å². The van der Waals surface area contributed by atoms with E-state index in [-0.39, 0.29) is 6.17 Å². The predicted octanol–water partition coefficient (Wildman–Crippen LogP) is 6.22. The average molecular weight is 367 g/mol. The Labute approximate surface area is 167 Å². The van der Waals surface area contributed by atoms with Crippen molar-refractivity contribution in [3.8, 4) is 0 Å². The summed E-state index contributed by atoms with van der Waals surface area (Å²) in [7, 11) is 0. The lowest BCUT2D eigenvalue weighted by atomic mass is 9.88. The van der Waals surface area contributed by atoms with Crippen LogP contribution in [-0.2, 0) is 0 Å². The first-order valence-electron chi connectivity index (χ1n) is 9.82. The maximum Gasteiger partial charge on any atom is 0.167 e. The molecule has 3 aromatic carbocycles. The lowest BCUT2D eigenvalue weighted by Crippen LogP contribution is -2.13. The molecule has 0 saturated heterocycles. The second kappa shape index (κ2) is 7.20. The van der Waals surface area contributed by atoms with Gasteiger partial charge in [-0.1, -0.05) is 60.7 Å². The summed E-state index contributed by atoms with van der Waals surface area (Å²) in [5, 5.41) is 0. The third-order valence-corrected chi connectivity index (χ3v) is 6.14. The van der Waals surface area contributed by atoms with Crippen LogP contribution in [0.5, 0.6) is 0 Å². The van der Waals surface area contributed by atoms with E-state index in [1.807, 2.05) is 12.1 Å². The summed E-state index contributed by atoms with van der Waals surface area (Å²) in [6.07, 6.45) is -0.191. The van der Waals surface area contributed by atoms with Gasteiger partial charge >= 0.3 is 0 Å². The van der Waals surface area contributed by atoms with Crippen LogP contribution in [0.4, 0.5) is 0 Å². The molecule has 1 aliphatic rings. The van der Waals surface area contributed by atoms with Crippen molar-refractivity contribution in [1.82, 2.24) is 0 Å². The van der Waals surface area contributed by atoms with Gasteiger partial charge in [0.1, 0.15) is 0 Å². The maximum absolute atomic E-state index is 5.13. The largest absolute Gasteiger partial charge is 0.251 e. The highest BCUT2D eigenvalue weighted by molar-refractivity contribution is 6.54. The average Bonchev–Trinajstić information content (AvgIpc) is 3.17. The van der Waals surface area contributed by atoms with Crippen molar-refractivity contribution >= 4 is 11.4 Å². The summed E-state index contributed by atoms with van der Waals surface area (Å²) in [5.74, 6) is 0. The fourth-order valence-electron chi connectivity index (χ4n) is 4.06. The van der Waals surface area contributed by atoms with Crippen molar-refractivity contribution < 1.29 is 0 Å². The first-order valence-corrected chi connectivity index (χ1v) is 9.82. The van der Waals surface area contributed by atoms with Gasteiger partial charge in [0.15, 0.2) is 6.17 Å². The molecule has 1 aliphatic heterocycles. The van der Waals surface area contributed by atoms with E-state index in [1.54, 1.807) is 0 Å². The van der Waals surface area contributed by atoms with Gasteiger partial charge in [0, 0.05) is 16.7 Å². The highest BCUT2D eigenvalue weighted by atomic mass is 15.1. The standard InChI is InChI=1S/C26H26N2/c1-16-17(2)19(4)23(20(5)18(16)3)26-27-24(21-12-8-6-9-13-21)25(28-26)22-14-10-7-11-15-22/h6-15,26H,1-5H3. The van der Waals surface area contributed by atoms with Gasteiger partial charge in [-0.15, -0.1) is 0 Å². The molecule has 0 radical (unpaired) electrons. The Morgan fingerprint density at radius 1 is 0.500 bits per heavy atom. The highest BCUT2D eigenvalue weighted by Crippen LogP contribution is 2.36. The highest BCUT2D eigenvalue weighted by Gasteiger charge is 2.28. The Balaban J connectivity index is 1.93. The molecule has 0 spiro atoms. The van der Waals surface area contributed by atoms with Crippen LogP contribution in [-0.4, -0.2) is 11.4 Å². The molecule has 2 nitrogen and oxygen atoms in total. The van der Waals surface area contributed by atoms with Gasteiger partial charge < -0.3 is 0 Å². The molecule has 0 unspecified atom stereocenters. The zero-order valence-corrected chi connectivity index (χ0v) is 17.2. The molecule has 0 N–H and O–H groups in total. The lowest BCUT2D eigenvalue weighted by Gasteiger charge is -2.20. The van der Waals surface area contributed by atoms with Gasteiger partial charge in [0.05, 0.1) is 11.4 Å². The number of hydrogen-bond donors (Lipinski definition) is 0. The second-order valence-corrected chi connectivity index (χ2v) is 7.60. The van der Waals surface area contributed by atoms with Crippen molar-refractivity contribution in [3.05, 3.63) is 105 Å². The minimum absolute atomic E-state index is 0.191. The maximum atomic E-state index is 5.13. The first kappa shape index (κ1) is 18.4. The van der Waals surface area contributed by atoms with E-state index in [9.17, 15) is 0 Å². The molecule has 0 aliphatic carbocycles. The molecule has 0 aromatic heterocycles. The topological polar surface area (TPSA) is 24.7 Å². The molecule has 0 saturated carbocycles. The Hall–Kier alpha value is -3.00. The van der Waals surface area contributed by atoms with Gasteiger partial charge in [0.25, 0.3) is 0 Å². The molecular weight excluding hydrogens is 340 g/mol. The van der Waals surface area contributed by atoms with Crippen LogP contribution in [0, 0.1) is 34.6 Å². The molecule has 2 heteroatoms. The minimum Gasteiger partial charge on any atom is -0.251 e. The van der Waals surface area contributed by atoms with Crippen LogP contribution >= 0.6 is 0 Å². The summed E-state index contributed by atoms with van der Waals surface area (Å²) in [5.41, 5.74) is 12.1. The Morgan fingerprint density at radius 3 is 1.25 bits per heavy atom. The molecule has 140 valence electrons. The van der Waals surface area contributed by atoms with Gasteiger partial charge in [-0.2, -0.15) is 0 Å². The van der Waals surface area contributed by atoms with Crippen molar-refractivity contribution in [3.63, 3.8) is 0 Å². The summed E-state index contributed by atoms with van der Waals surface area (Å²) in [6, 6.07) is 20.8.